The van der Waals surface area contributed by atoms with Gasteiger partial charge in [0.15, 0.2) is 0 Å². The Morgan fingerprint density at radius 3 is 2.64 bits per heavy atom. The molecule has 4 atom stereocenters. The van der Waals surface area contributed by atoms with E-state index in [2.05, 4.69) is 0 Å². The van der Waals surface area contributed by atoms with Crippen molar-refractivity contribution in [2.45, 2.75) is 44.7 Å². The molecular formula is C10H18O4. The number of ether oxygens (including phenoxy) is 1. The third kappa shape index (κ3) is 2.33. The molecule has 1 saturated heterocycles. The molecule has 0 radical (unpaired) electrons. The largest absolute Gasteiger partial charge is 0.394 e. The average Bonchev–Trinajstić information content (AvgIpc) is 2.20. The average molecular weight is 202 g/mol. The molecule has 0 amide bonds. The van der Waals surface area contributed by atoms with Crippen molar-refractivity contribution in [3.05, 3.63) is 11.6 Å². The van der Waals surface area contributed by atoms with Crippen molar-refractivity contribution in [3.63, 3.8) is 0 Å². The maximum Gasteiger partial charge on any atom is 0.110 e. The molecule has 2 unspecified atom stereocenters. The molecule has 0 aromatic carbocycles. The topological polar surface area (TPSA) is 69.9 Å². The van der Waals surface area contributed by atoms with Crippen LogP contribution in [0.5, 0.6) is 0 Å². The van der Waals surface area contributed by atoms with E-state index in [9.17, 15) is 10.2 Å². The maximum absolute atomic E-state index is 9.53. The highest BCUT2D eigenvalue weighted by Gasteiger charge is 2.36. The Labute approximate surface area is 83.8 Å². The fourth-order valence-electron chi connectivity index (χ4n) is 1.58. The molecular weight excluding hydrogens is 184 g/mol. The van der Waals surface area contributed by atoms with Crippen LogP contribution in [-0.4, -0.2) is 46.3 Å². The first-order valence-electron chi connectivity index (χ1n) is 4.85. The monoisotopic (exact) mass is 202 g/mol. The van der Waals surface area contributed by atoms with Gasteiger partial charge in [0, 0.05) is 6.42 Å². The van der Waals surface area contributed by atoms with E-state index in [1.807, 2.05) is 19.9 Å². The zero-order valence-corrected chi connectivity index (χ0v) is 8.55. The van der Waals surface area contributed by atoms with Crippen molar-refractivity contribution in [2.24, 2.45) is 0 Å². The summed E-state index contributed by atoms with van der Waals surface area (Å²) in [6.07, 6.45) is -0.395. The molecule has 0 spiro atoms. The zero-order chi connectivity index (χ0) is 10.7. The number of aliphatic hydroxyl groups excluding tert-OH is 3. The predicted octanol–water partition coefficient (Wildman–Crippen LogP) is -0.176. The van der Waals surface area contributed by atoms with Gasteiger partial charge in [0.2, 0.25) is 0 Å². The first-order valence-corrected chi connectivity index (χ1v) is 4.85. The molecule has 0 aliphatic carbocycles. The molecule has 4 heteroatoms. The highest BCUT2D eigenvalue weighted by molar-refractivity contribution is 5.07. The fourth-order valence-corrected chi connectivity index (χ4v) is 1.58. The normalized spacial score (nSPS) is 39.9. The van der Waals surface area contributed by atoms with Gasteiger partial charge in [-0.05, 0) is 19.4 Å². The molecule has 1 aliphatic rings. The van der Waals surface area contributed by atoms with Gasteiger partial charge in [-0.25, -0.2) is 0 Å². The van der Waals surface area contributed by atoms with Gasteiger partial charge in [-0.2, -0.15) is 0 Å². The number of rotatable bonds is 2. The second-order valence-electron chi connectivity index (χ2n) is 3.67. The quantitative estimate of drug-likeness (QED) is 0.543. The molecule has 1 rings (SSSR count). The van der Waals surface area contributed by atoms with Crippen LogP contribution in [0, 0.1) is 0 Å². The second kappa shape index (κ2) is 4.89. The third-order valence-electron chi connectivity index (χ3n) is 2.71. The van der Waals surface area contributed by atoms with E-state index in [1.165, 1.54) is 0 Å². The summed E-state index contributed by atoms with van der Waals surface area (Å²) in [6.45, 7) is 3.53. The second-order valence-corrected chi connectivity index (χ2v) is 3.67. The lowest BCUT2D eigenvalue weighted by atomic mass is 9.94. The van der Waals surface area contributed by atoms with Crippen LogP contribution in [0.15, 0.2) is 11.6 Å². The van der Waals surface area contributed by atoms with Gasteiger partial charge in [0.1, 0.15) is 12.2 Å². The Balaban J connectivity index is 2.67. The highest BCUT2D eigenvalue weighted by atomic mass is 16.5. The minimum atomic E-state index is -0.985. The van der Waals surface area contributed by atoms with E-state index in [0.717, 1.165) is 5.57 Å². The molecule has 0 aromatic heterocycles. The summed E-state index contributed by atoms with van der Waals surface area (Å²) >= 11 is 0. The summed E-state index contributed by atoms with van der Waals surface area (Å²) in [4.78, 5) is 0. The van der Waals surface area contributed by atoms with Crippen LogP contribution in [0.4, 0.5) is 0 Å². The summed E-state index contributed by atoms with van der Waals surface area (Å²) in [5.41, 5.74) is 1.01. The molecule has 82 valence electrons. The van der Waals surface area contributed by atoms with Gasteiger partial charge in [0.05, 0.1) is 18.8 Å². The lowest BCUT2D eigenvalue weighted by Crippen LogP contribution is -2.50. The van der Waals surface area contributed by atoms with E-state index in [0.29, 0.717) is 6.42 Å². The first-order chi connectivity index (χ1) is 6.60. The SMILES string of the molecule is C/C=C(\C)[C@H]1CC(O)[C@H](O)C(CO)O1. The number of hydrogen-bond donors (Lipinski definition) is 3. The standard InChI is InChI=1S/C10H18O4/c1-3-6(2)8-4-7(12)10(13)9(5-11)14-8/h3,7-13H,4-5H2,1-2H3/b6-3+/t7?,8-,9?,10+/m1/s1. The van der Waals surface area contributed by atoms with Crippen molar-refractivity contribution in [3.8, 4) is 0 Å². The lowest BCUT2D eigenvalue weighted by Gasteiger charge is -2.36. The highest BCUT2D eigenvalue weighted by Crippen LogP contribution is 2.24. The number of allylic oxidation sites excluding steroid dienone is 1. The summed E-state index contributed by atoms with van der Waals surface area (Å²) in [5, 5.41) is 27.9. The number of aliphatic hydroxyl groups is 3. The van der Waals surface area contributed by atoms with E-state index in [1.54, 1.807) is 0 Å². The van der Waals surface area contributed by atoms with Crippen molar-refractivity contribution in [2.75, 3.05) is 6.61 Å². The van der Waals surface area contributed by atoms with E-state index >= 15 is 0 Å². The molecule has 14 heavy (non-hydrogen) atoms. The summed E-state index contributed by atoms with van der Waals surface area (Å²) in [6, 6.07) is 0. The van der Waals surface area contributed by atoms with E-state index < -0.39 is 18.3 Å². The van der Waals surface area contributed by atoms with Gasteiger partial charge < -0.3 is 20.1 Å². The van der Waals surface area contributed by atoms with E-state index in [4.69, 9.17) is 9.84 Å². The molecule has 0 bridgehead atoms. The Bertz CT molecular complexity index is 214. The molecule has 1 fully saturated rings. The summed E-state index contributed by atoms with van der Waals surface area (Å²) < 4.78 is 5.44. The predicted molar refractivity (Wildman–Crippen MR) is 51.8 cm³/mol. The minimum Gasteiger partial charge on any atom is -0.394 e. The van der Waals surface area contributed by atoms with E-state index in [-0.39, 0.29) is 12.7 Å². The van der Waals surface area contributed by atoms with Gasteiger partial charge in [0.25, 0.3) is 0 Å². The Morgan fingerprint density at radius 2 is 2.14 bits per heavy atom. The number of hydrogen-bond acceptors (Lipinski definition) is 4. The molecule has 1 heterocycles. The van der Waals surface area contributed by atoms with Crippen LogP contribution in [0.2, 0.25) is 0 Å². The zero-order valence-electron chi connectivity index (χ0n) is 8.55. The Hall–Kier alpha value is -0.420. The van der Waals surface area contributed by atoms with Crippen molar-refractivity contribution in [1.82, 2.24) is 0 Å². The van der Waals surface area contributed by atoms with Crippen LogP contribution in [0.3, 0.4) is 0 Å². The third-order valence-corrected chi connectivity index (χ3v) is 2.71. The molecule has 0 aromatic rings. The van der Waals surface area contributed by atoms with Gasteiger partial charge in [-0.3, -0.25) is 0 Å². The van der Waals surface area contributed by atoms with Gasteiger partial charge >= 0.3 is 0 Å². The van der Waals surface area contributed by atoms with Crippen molar-refractivity contribution in [1.29, 1.82) is 0 Å². The smallest absolute Gasteiger partial charge is 0.110 e. The molecule has 4 nitrogen and oxygen atoms in total. The van der Waals surface area contributed by atoms with Crippen LogP contribution < -0.4 is 0 Å². The van der Waals surface area contributed by atoms with Crippen LogP contribution in [0.25, 0.3) is 0 Å². The van der Waals surface area contributed by atoms with Crippen LogP contribution in [0.1, 0.15) is 20.3 Å². The Kier molecular flexibility index (Phi) is 4.07. The maximum atomic E-state index is 9.53. The van der Waals surface area contributed by atoms with Crippen molar-refractivity contribution < 1.29 is 20.1 Å². The van der Waals surface area contributed by atoms with Crippen molar-refractivity contribution >= 4 is 0 Å². The molecule has 0 saturated carbocycles. The Morgan fingerprint density at radius 1 is 1.50 bits per heavy atom. The summed E-state index contributed by atoms with van der Waals surface area (Å²) in [5.74, 6) is 0. The first kappa shape index (κ1) is 11.7. The van der Waals surface area contributed by atoms with Crippen LogP contribution >= 0.6 is 0 Å². The molecule has 3 N–H and O–H groups in total. The fraction of sp³-hybridized carbons (Fsp3) is 0.800. The van der Waals surface area contributed by atoms with Crippen LogP contribution in [-0.2, 0) is 4.74 Å². The summed E-state index contributed by atoms with van der Waals surface area (Å²) in [7, 11) is 0. The van der Waals surface area contributed by atoms with Gasteiger partial charge in [-0.1, -0.05) is 6.08 Å². The lowest BCUT2D eigenvalue weighted by molar-refractivity contribution is -0.170. The molecule has 1 aliphatic heterocycles. The van der Waals surface area contributed by atoms with Gasteiger partial charge in [-0.15, -0.1) is 0 Å². The minimum absolute atomic E-state index is 0.199.